The maximum Gasteiger partial charge on any atom is 0.307 e. The van der Waals surface area contributed by atoms with Gasteiger partial charge in [-0.2, -0.15) is 0 Å². The Balaban J connectivity index is 1.61. The molecule has 1 N–H and O–H groups in total. The number of hydrogen-bond acceptors (Lipinski definition) is 6. The van der Waals surface area contributed by atoms with Crippen molar-refractivity contribution in [2.24, 2.45) is 0 Å². The summed E-state index contributed by atoms with van der Waals surface area (Å²) in [4.78, 5) is 36.8. The van der Waals surface area contributed by atoms with Gasteiger partial charge in [0.2, 0.25) is 11.8 Å². The lowest BCUT2D eigenvalue weighted by Crippen LogP contribution is -2.33. The Hall–Kier alpha value is -2.61. The summed E-state index contributed by atoms with van der Waals surface area (Å²) in [6.07, 6.45) is 0.706. The molecular weight excluding hydrogens is 479 g/mol. The summed E-state index contributed by atoms with van der Waals surface area (Å²) in [5.41, 5.74) is 2.77. The van der Waals surface area contributed by atoms with Gasteiger partial charge in [-0.25, -0.2) is 0 Å². The summed E-state index contributed by atoms with van der Waals surface area (Å²) in [7, 11) is 0. The quantitative estimate of drug-likeness (QED) is 0.353. The number of hydrogen-bond donors (Lipinski definition) is 1. The van der Waals surface area contributed by atoms with Crippen LogP contribution in [0.15, 0.2) is 36.4 Å². The van der Waals surface area contributed by atoms with Gasteiger partial charge >= 0.3 is 5.97 Å². The number of amides is 2. The molecule has 2 aromatic rings. The minimum Gasteiger partial charge on any atom is -0.491 e. The number of carbonyl (C=O) groups is 3. The predicted molar refractivity (Wildman–Crippen MR) is 130 cm³/mol. The highest BCUT2D eigenvalue weighted by Crippen LogP contribution is 2.28. The molecule has 7 nitrogen and oxygen atoms in total. The van der Waals surface area contributed by atoms with Crippen LogP contribution in [0.3, 0.4) is 0 Å². The Kier molecular flexibility index (Phi) is 9.33. The van der Waals surface area contributed by atoms with Crippen molar-refractivity contribution in [3.05, 3.63) is 63.1 Å². The third-order valence-electron chi connectivity index (χ3n) is 5.54. The van der Waals surface area contributed by atoms with Crippen molar-refractivity contribution in [2.45, 2.75) is 45.7 Å². The molecule has 2 aromatic carbocycles. The summed E-state index contributed by atoms with van der Waals surface area (Å²) in [6, 6.07) is 10.8. The highest BCUT2D eigenvalue weighted by Gasteiger charge is 2.28. The van der Waals surface area contributed by atoms with Gasteiger partial charge in [0.05, 0.1) is 29.6 Å². The Morgan fingerprint density at radius 3 is 2.47 bits per heavy atom. The van der Waals surface area contributed by atoms with E-state index in [1.165, 1.54) is 4.90 Å². The average molecular weight is 507 g/mol. The zero-order chi connectivity index (χ0) is 24.7. The maximum atomic E-state index is 12.1. The molecule has 182 valence electrons. The summed E-state index contributed by atoms with van der Waals surface area (Å²) < 4.78 is 10.9. The molecule has 3 rings (SSSR count). The highest BCUT2D eigenvalue weighted by atomic mass is 35.5. The number of aryl methyl sites for hydroxylation is 1. The van der Waals surface area contributed by atoms with Crippen molar-refractivity contribution in [3.8, 4) is 5.75 Å². The van der Waals surface area contributed by atoms with Crippen LogP contribution in [0, 0.1) is 6.92 Å². The molecule has 1 atom stereocenters. The monoisotopic (exact) mass is 506 g/mol. The van der Waals surface area contributed by atoms with Crippen LogP contribution in [0.4, 0.5) is 0 Å². The smallest absolute Gasteiger partial charge is 0.307 e. The summed E-state index contributed by atoms with van der Waals surface area (Å²) in [5, 5.41) is 4.27. The van der Waals surface area contributed by atoms with E-state index < -0.39 is 0 Å². The Labute approximate surface area is 209 Å². The lowest BCUT2D eigenvalue weighted by molar-refractivity contribution is -0.144. The highest BCUT2D eigenvalue weighted by molar-refractivity contribution is 6.42. The minimum atomic E-state index is -0.305. The van der Waals surface area contributed by atoms with Gasteiger partial charge in [-0.05, 0) is 48.7 Å². The fourth-order valence-corrected chi connectivity index (χ4v) is 4.07. The second kappa shape index (κ2) is 12.2. The zero-order valence-electron chi connectivity index (χ0n) is 19.2. The molecule has 0 bridgehead atoms. The number of rotatable bonds is 11. The van der Waals surface area contributed by atoms with Gasteiger partial charge in [0.1, 0.15) is 12.4 Å². The molecule has 0 aromatic heterocycles. The van der Waals surface area contributed by atoms with Crippen molar-refractivity contribution >= 4 is 41.0 Å². The number of nitrogens with one attached hydrogen (secondary N) is 1. The van der Waals surface area contributed by atoms with Gasteiger partial charge in [-0.15, -0.1) is 0 Å². The van der Waals surface area contributed by atoms with E-state index in [2.05, 4.69) is 5.32 Å². The number of likely N-dealkylation sites (tertiary alicyclic amines) is 1. The normalized spacial score (nSPS) is 14.4. The molecule has 9 heteroatoms. The van der Waals surface area contributed by atoms with Gasteiger partial charge in [-0.1, -0.05) is 41.4 Å². The van der Waals surface area contributed by atoms with Crippen LogP contribution in [0.25, 0.3) is 0 Å². The zero-order valence-corrected chi connectivity index (χ0v) is 20.7. The van der Waals surface area contributed by atoms with E-state index in [4.69, 9.17) is 32.7 Å². The first-order chi connectivity index (χ1) is 16.3. The molecule has 0 aliphatic carbocycles. The second-order valence-electron chi connectivity index (χ2n) is 8.00. The largest absolute Gasteiger partial charge is 0.491 e. The lowest BCUT2D eigenvalue weighted by atomic mass is 10.0. The van der Waals surface area contributed by atoms with Crippen LogP contribution in [-0.4, -0.2) is 42.4 Å². The fourth-order valence-electron chi connectivity index (χ4n) is 3.77. The van der Waals surface area contributed by atoms with Gasteiger partial charge in [0.25, 0.3) is 0 Å². The molecule has 0 spiro atoms. The first-order valence-corrected chi connectivity index (χ1v) is 11.9. The number of esters is 1. The number of halogens is 2. The molecule has 1 aliphatic heterocycles. The summed E-state index contributed by atoms with van der Waals surface area (Å²) in [5.74, 6) is 0.0913. The van der Waals surface area contributed by atoms with Crippen LogP contribution >= 0.6 is 23.2 Å². The molecule has 34 heavy (non-hydrogen) atoms. The van der Waals surface area contributed by atoms with Gasteiger partial charge < -0.3 is 14.8 Å². The first kappa shape index (κ1) is 26.0. The van der Waals surface area contributed by atoms with E-state index in [9.17, 15) is 14.4 Å². The van der Waals surface area contributed by atoms with E-state index in [0.717, 1.165) is 16.7 Å². The molecule has 1 aliphatic rings. The van der Waals surface area contributed by atoms with Crippen molar-refractivity contribution in [1.82, 2.24) is 10.2 Å². The van der Waals surface area contributed by atoms with Gasteiger partial charge in [0.15, 0.2) is 0 Å². The van der Waals surface area contributed by atoms with Crippen molar-refractivity contribution in [3.63, 3.8) is 0 Å². The SMILES string of the molecule is CCOC(=O)CC(NCc1ccc(OCCN2C(=O)CCC2=O)c(C)c1)c1ccc(Cl)c(Cl)c1. The molecule has 0 saturated carbocycles. The molecule has 1 heterocycles. The predicted octanol–water partition coefficient (Wildman–Crippen LogP) is 4.61. The third-order valence-corrected chi connectivity index (χ3v) is 6.28. The molecule has 1 fully saturated rings. The number of carbonyl (C=O) groups excluding carboxylic acids is 3. The summed E-state index contributed by atoms with van der Waals surface area (Å²) in [6.45, 7) is 5.01. The first-order valence-electron chi connectivity index (χ1n) is 11.2. The van der Waals surface area contributed by atoms with E-state index >= 15 is 0 Å². The van der Waals surface area contributed by atoms with Gasteiger partial charge in [0, 0.05) is 25.4 Å². The molecular formula is C25H28Cl2N2O5. The van der Waals surface area contributed by atoms with Crippen LogP contribution in [0.2, 0.25) is 10.0 Å². The number of benzene rings is 2. The maximum absolute atomic E-state index is 12.1. The molecule has 1 unspecified atom stereocenters. The van der Waals surface area contributed by atoms with E-state index in [1.54, 1.807) is 19.1 Å². The molecule has 1 saturated heterocycles. The molecule has 2 amide bonds. The van der Waals surface area contributed by atoms with Crippen molar-refractivity contribution in [2.75, 3.05) is 19.8 Å². The lowest BCUT2D eigenvalue weighted by Gasteiger charge is -2.20. The number of nitrogens with zero attached hydrogens (tertiary/aromatic N) is 1. The van der Waals surface area contributed by atoms with Crippen LogP contribution < -0.4 is 10.1 Å². The molecule has 0 radical (unpaired) electrons. The topological polar surface area (TPSA) is 84.9 Å². The Morgan fingerprint density at radius 2 is 1.82 bits per heavy atom. The van der Waals surface area contributed by atoms with Crippen molar-refractivity contribution < 1.29 is 23.9 Å². The van der Waals surface area contributed by atoms with Crippen LogP contribution in [0.5, 0.6) is 5.75 Å². The van der Waals surface area contributed by atoms with E-state index in [-0.39, 0.29) is 56.2 Å². The van der Waals surface area contributed by atoms with Crippen molar-refractivity contribution in [1.29, 1.82) is 0 Å². The standard InChI is InChI=1S/C25H28Cl2N2O5/c1-3-33-25(32)14-21(18-5-6-19(26)20(27)13-18)28-15-17-4-7-22(16(2)12-17)34-11-10-29-23(30)8-9-24(29)31/h4-7,12-13,21,28H,3,8-11,14-15H2,1-2H3. The number of ether oxygens (including phenoxy) is 2. The average Bonchev–Trinajstić information content (AvgIpc) is 3.12. The van der Waals surface area contributed by atoms with Gasteiger partial charge in [-0.3, -0.25) is 19.3 Å². The fraction of sp³-hybridized carbons (Fsp3) is 0.400. The summed E-state index contributed by atoms with van der Waals surface area (Å²) >= 11 is 12.2. The second-order valence-corrected chi connectivity index (χ2v) is 8.82. The van der Waals surface area contributed by atoms with E-state index in [1.807, 2.05) is 31.2 Å². The van der Waals surface area contributed by atoms with E-state index in [0.29, 0.717) is 28.9 Å². The minimum absolute atomic E-state index is 0.147. The van der Waals surface area contributed by atoms with Crippen LogP contribution in [0.1, 0.15) is 48.9 Å². The number of imide groups is 1. The third kappa shape index (κ3) is 6.95. The van der Waals surface area contributed by atoms with Crippen LogP contribution in [-0.2, 0) is 25.7 Å². The Morgan fingerprint density at radius 1 is 1.09 bits per heavy atom. The Bertz CT molecular complexity index is 1040.